The molecule has 0 aliphatic carbocycles. The number of para-hydroxylation sites is 2. The molecule has 0 radical (unpaired) electrons. The Morgan fingerprint density at radius 2 is 1.60 bits per heavy atom. The number of ether oxygens (including phenoxy) is 1. The minimum atomic E-state index is -0.504. The molecule has 1 aliphatic heterocycles. The maximum Gasteiger partial charge on any atom is 0.263 e. The summed E-state index contributed by atoms with van der Waals surface area (Å²) in [5.74, 6) is 2.16. The smallest absolute Gasteiger partial charge is 0.263 e. The Balaban J connectivity index is 1.38. The fraction of sp³-hybridized carbons (Fsp3) is 0.360. The lowest BCUT2D eigenvalue weighted by atomic mass is 10.0. The number of piperazine rings is 1. The molecule has 0 spiro atoms. The fourth-order valence-electron chi connectivity index (χ4n) is 3.95. The average molecular weight is 404 g/mol. The molecule has 1 unspecified atom stereocenters. The van der Waals surface area contributed by atoms with E-state index < -0.39 is 6.10 Å². The van der Waals surface area contributed by atoms with Crippen molar-refractivity contribution >= 4 is 22.6 Å². The van der Waals surface area contributed by atoms with Crippen molar-refractivity contribution in [1.29, 1.82) is 0 Å². The Morgan fingerprint density at radius 1 is 0.900 bits per heavy atom. The van der Waals surface area contributed by atoms with Gasteiger partial charge in [0.25, 0.3) is 5.91 Å². The van der Waals surface area contributed by atoms with Crippen LogP contribution in [0.2, 0.25) is 0 Å². The number of fused-ring (bicyclic) bond motifs is 1. The van der Waals surface area contributed by atoms with Crippen LogP contribution in [-0.4, -0.2) is 48.1 Å². The number of rotatable bonds is 5. The summed E-state index contributed by atoms with van der Waals surface area (Å²) >= 11 is 0. The number of aromatic nitrogens is 1. The normalized spacial score (nSPS) is 15.5. The highest BCUT2D eigenvalue weighted by Gasteiger charge is 2.27. The number of carbonyl (C=O) groups is 1. The van der Waals surface area contributed by atoms with Crippen molar-refractivity contribution in [2.24, 2.45) is 0 Å². The third-order valence-electron chi connectivity index (χ3n) is 5.69. The summed E-state index contributed by atoms with van der Waals surface area (Å²) in [5.41, 5.74) is 2.13. The van der Waals surface area contributed by atoms with Gasteiger partial charge >= 0.3 is 0 Å². The molecular formula is C25H29N3O2. The Kier molecular flexibility index (Phi) is 5.88. The number of amides is 1. The van der Waals surface area contributed by atoms with E-state index in [2.05, 4.69) is 43.0 Å². The molecule has 1 fully saturated rings. The monoisotopic (exact) mass is 403 g/mol. The molecule has 4 rings (SSSR count). The molecule has 156 valence electrons. The van der Waals surface area contributed by atoms with Crippen LogP contribution in [0.15, 0.2) is 60.7 Å². The van der Waals surface area contributed by atoms with Crippen LogP contribution < -0.4 is 9.64 Å². The number of nitrogens with zero attached hydrogens (tertiary/aromatic N) is 3. The Hall–Kier alpha value is -3.08. The van der Waals surface area contributed by atoms with E-state index in [-0.39, 0.29) is 5.91 Å². The van der Waals surface area contributed by atoms with Crippen LogP contribution in [0.5, 0.6) is 5.75 Å². The van der Waals surface area contributed by atoms with Crippen molar-refractivity contribution in [2.45, 2.75) is 32.8 Å². The molecule has 0 N–H and O–H groups in total. The van der Waals surface area contributed by atoms with Gasteiger partial charge in [0.15, 0.2) is 6.10 Å². The van der Waals surface area contributed by atoms with Gasteiger partial charge in [-0.15, -0.1) is 0 Å². The summed E-state index contributed by atoms with van der Waals surface area (Å²) in [7, 11) is 0. The maximum absolute atomic E-state index is 13.0. The number of benzene rings is 2. The highest BCUT2D eigenvalue weighted by Crippen LogP contribution is 2.27. The second kappa shape index (κ2) is 8.74. The molecule has 1 amide bonds. The number of anilines is 1. The molecule has 2 aromatic carbocycles. The van der Waals surface area contributed by atoms with Crippen molar-refractivity contribution in [3.63, 3.8) is 0 Å². The van der Waals surface area contributed by atoms with Gasteiger partial charge < -0.3 is 14.5 Å². The lowest BCUT2D eigenvalue weighted by Crippen LogP contribution is -2.52. The van der Waals surface area contributed by atoms with Gasteiger partial charge in [-0.3, -0.25) is 4.79 Å². The van der Waals surface area contributed by atoms with Crippen LogP contribution in [0.1, 0.15) is 32.3 Å². The van der Waals surface area contributed by atoms with Crippen LogP contribution in [0.25, 0.3) is 10.9 Å². The summed E-state index contributed by atoms with van der Waals surface area (Å²) in [6, 6.07) is 20.3. The zero-order valence-electron chi connectivity index (χ0n) is 17.9. The van der Waals surface area contributed by atoms with Crippen molar-refractivity contribution in [3.05, 3.63) is 66.2 Å². The highest BCUT2D eigenvalue weighted by molar-refractivity contribution is 5.82. The first-order valence-electron chi connectivity index (χ1n) is 10.7. The van der Waals surface area contributed by atoms with E-state index in [1.165, 1.54) is 0 Å². The zero-order chi connectivity index (χ0) is 21.1. The summed E-state index contributed by atoms with van der Waals surface area (Å²) in [6.07, 6.45) is -0.504. The molecule has 30 heavy (non-hydrogen) atoms. The molecule has 5 heteroatoms. The first-order valence-corrected chi connectivity index (χ1v) is 10.7. The summed E-state index contributed by atoms with van der Waals surface area (Å²) < 4.78 is 6.06. The van der Waals surface area contributed by atoms with Crippen LogP contribution in [0, 0.1) is 0 Å². The third kappa shape index (κ3) is 4.25. The molecule has 1 aliphatic rings. The van der Waals surface area contributed by atoms with Gasteiger partial charge in [-0.1, -0.05) is 50.2 Å². The number of hydrogen-bond acceptors (Lipinski definition) is 4. The van der Waals surface area contributed by atoms with E-state index in [1.54, 1.807) is 0 Å². The van der Waals surface area contributed by atoms with E-state index in [1.807, 2.05) is 48.2 Å². The average Bonchev–Trinajstić information content (AvgIpc) is 2.78. The lowest BCUT2D eigenvalue weighted by Gasteiger charge is -2.36. The van der Waals surface area contributed by atoms with Crippen LogP contribution in [-0.2, 0) is 4.79 Å². The first-order chi connectivity index (χ1) is 14.5. The van der Waals surface area contributed by atoms with Crippen LogP contribution in [0.3, 0.4) is 0 Å². The number of hydrogen-bond donors (Lipinski definition) is 0. The van der Waals surface area contributed by atoms with Crippen molar-refractivity contribution in [2.75, 3.05) is 31.1 Å². The lowest BCUT2D eigenvalue weighted by molar-refractivity contribution is -0.138. The van der Waals surface area contributed by atoms with Gasteiger partial charge in [0.1, 0.15) is 11.6 Å². The molecule has 1 aromatic heterocycles. The molecular weight excluding hydrogens is 374 g/mol. The standard InChI is InChI=1S/C25H29N3O2/c1-18(2)21-9-5-7-11-23(21)30-19(3)25(29)28-16-14-27(15-17-28)24-13-12-20-8-4-6-10-22(20)26-24/h4-13,18-19H,14-17H2,1-3H3. The Labute approximate surface area is 178 Å². The Bertz CT molecular complexity index is 1030. The van der Waals surface area contributed by atoms with Gasteiger partial charge in [-0.2, -0.15) is 0 Å². The number of pyridine rings is 1. The second-order valence-electron chi connectivity index (χ2n) is 8.13. The third-order valence-corrected chi connectivity index (χ3v) is 5.69. The first kappa shape index (κ1) is 20.2. The van der Waals surface area contributed by atoms with E-state index in [4.69, 9.17) is 9.72 Å². The highest BCUT2D eigenvalue weighted by atomic mass is 16.5. The molecule has 1 atom stereocenters. The van der Waals surface area contributed by atoms with Crippen LogP contribution in [0.4, 0.5) is 5.82 Å². The predicted molar refractivity (Wildman–Crippen MR) is 121 cm³/mol. The molecule has 0 saturated carbocycles. The van der Waals surface area contributed by atoms with Crippen molar-refractivity contribution < 1.29 is 9.53 Å². The largest absolute Gasteiger partial charge is 0.481 e. The molecule has 0 bridgehead atoms. The molecule has 1 saturated heterocycles. The van der Waals surface area contributed by atoms with Gasteiger partial charge in [0, 0.05) is 31.6 Å². The fourth-order valence-corrected chi connectivity index (χ4v) is 3.95. The number of carbonyl (C=O) groups excluding carboxylic acids is 1. The minimum absolute atomic E-state index is 0.0414. The van der Waals surface area contributed by atoms with Gasteiger partial charge in [0.05, 0.1) is 5.52 Å². The van der Waals surface area contributed by atoms with Crippen molar-refractivity contribution in [3.8, 4) is 5.75 Å². The van der Waals surface area contributed by atoms with E-state index in [0.717, 1.165) is 41.1 Å². The van der Waals surface area contributed by atoms with Crippen molar-refractivity contribution in [1.82, 2.24) is 9.88 Å². The van der Waals surface area contributed by atoms with Gasteiger partial charge in [-0.25, -0.2) is 4.98 Å². The van der Waals surface area contributed by atoms with E-state index in [0.29, 0.717) is 19.0 Å². The molecule has 5 nitrogen and oxygen atoms in total. The summed E-state index contributed by atoms with van der Waals surface area (Å²) in [4.78, 5) is 21.9. The van der Waals surface area contributed by atoms with E-state index >= 15 is 0 Å². The van der Waals surface area contributed by atoms with E-state index in [9.17, 15) is 4.79 Å². The van der Waals surface area contributed by atoms with Gasteiger partial charge in [-0.05, 0) is 42.7 Å². The van der Waals surface area contributed by atoms with Gasteiger partial charge in [0.2, 0.25) is 0 Å². The zero-order valence-corrected chi connectivity index (χ0v) is 17.9. The quantitative estimate of drug-likeness (QED) is 0.630. The molecule has 2 heterocycles. The maximum atomic E-state index is 13.0. The van der Waals surface area contributed by atoms with Crippen LogP contribution >= 0.6 is 0 Å². The second-order valence-corrected chi connectivity index (χ2v) is 8.13. The predicted octanol–water partition coefficient (Wildman–Crippen LogP) is 4.47. The topological polar surface area (TPSA) is 45.7 Å². The molecule has 3 aromatic rings. The Morgan fingerprint density at radius 3 is 2.37 bits per heavy atom. The summed E-state index contributed by atoms with van der Waals surface area (Å²) in [6.45, 7) is 9.00. The summed E-state index contributed by atoms with van der Waals surface area (Å²) in [5, 5.41) is 1.14. The minimum Gasteiger partial charge on any atom is -0.481 e. The SMILES string of the molecule is CC(Oc1ccccc1C(C)C)C(=O)N1CCN(c2ccc3ccccc3n2)CC1.